The highest BCUT2D eigenvalue weighted by atomic mass is 16.6. The van der Waals surface area contributed by atoms with Crippen molar-refractivity contribution < 1.29 is 9.66 Å². The second-order valence-electron chi connectivity index (χ2n) is 4.61. The summed E-state index contributed by atoms with van der Waals surface area (Å²) in [6, 6.07) is 4.91. The molecule has 1 aliphatic rings. The molecule has 19 heavy (non-hydrogen) atoms. The second kappa shape index (κ2) is 6.38. The van der Waals surface area contributed by atoms with Crippen LogP contribution in [-0.4, -0.2) is 31.2 Å². The molecule has 2 rings (SSSR count). The number of anilines is 1. The SMILES string of the molecule is CCOc1cc(NCC2CCNC2)ccc1[N+](=O)[O-]. The molecule has 0 aromatic heterocycles. The summed E-state index contributed by atoms with van der Waals surface area (Å²) in [7, 11) is 0. The first-order valence-corrected chi connectivity index (χ1v) is 6.56. The largest absolute Gasteiger partial charge is 0.487 e. The minimum absolute atomic E-state index is 0.00920. The molecule has 6 heteroatoms. The monoisotopic (exact) mass is 265 g/mol. The summed E-state index contributed by atoms with van der Waals surface area (Å²) in [5.41, 5.74) is 0.871. The number of hydrogen-bond donors (Lipinski definition) is 2. The van der Waals surface area contributed by atoms with E-state index in [9.17, 15) is 10.1 Å². The average Bonchev–Trinajstić information content (AvgIpc) is 2.90. The van der Waals surface area contributed by atoms with Crippen LogP contribution in [0.15, 0.2) is 18.2 Å². The number of hydrogen-bond acceptors (Lipinski definition) is 5. The van der Waals surface area contributed by atoms with Crippen molar-refractivity contribution in [1.29, 1.82) is 0 Å². The van der Waals surface area contributed by atoms with Gasteiger partial charge in [-0.05, 0) is 38.4 Å². The maximum Gasteiger partial charge on any atom is 0.311 e. The molecule has 1 aromatic carbocycles. The van der Waals surface area contributed by atoms with E-state index in [1.807, 2.05) is 6.92 Å². The van der Waals surface area contributed by atoms with E-state index in [1.54, 1.807) is 12.1 Å². The highest BCUT2D eigenvalue weighted by Gasteiger charge is 2.17. The van der Waals surface area contributed by atoms with Crippen molar-refractivity contribution in [3.8, 4) is 5.75 Å². The number of nitrogens with zero attached hydrogens (tertiary/aromatic N) is 1. The Morgan fingerprint density at radius 2 is 2.42 bits per heavy atom. The fourth-order valence-corrected chi connectivity index (χ4v) is 2.20. The summed E-state index contributed by atoms with van der Waals surface area (Å²) < 4.78 is 5.32. The summed E-state index contributed by atoms with van der Waals surface area (Å²) in [6.07, 6.45) is 1.16. The van der Waals surface area contributed by atoms with E-state index in [4.69, 9.17) is 4.74 Å². The van der Waals surface area contributed by atoms with Crippen LogP contribution in [0, 0.1) is 16.0 Å². The molecule has 1 fully saturated rings. The zero-order valence-corrected chi connectivity index (χ0v) is 11.0. The van der Waals surface area contributed by atoms with Gasteiger partial charge in [0.25, 0.3) is 0 Å². The molecule has 1 aromatic rings. The molecular formula is C13H19N3O3. The summed E-state index contributed by atoms with van der Waals surface area (Å²) in [5, 5.41) is 17.5. The standard InChI is InChI=1S/C13H19N3O3/c1-2-19-13-7-11(3-4-12(13)16(17)18)15-9-10-5-6-14-8-10/h3-4,7,10,14-15H,2,5-6,8-9H2,1H3. The zero-order valence-electron chi connectivity index (χ0n) is 11.0. The van der Waals surface area contributed by atoms with Crippen LogP contribution in [0.1, 0.15) is 13.3 Å². The Hall–Kier alpha value is -1.82. The summed E-state index contributed by atoms with van der Waals surface area (Å²) in [5.74, 6) is 0.938. The molecule has 1 saturated heterocycles. The molecule has 0 radical (unpaired) electrons. The topological polar surface area (TPSA) is 76.4 Å². The third-order valence-electron chi connectivity index (χ3n) is 3.21. The first-order valence-electron chi connectivity index (χ1n) is 6.56. The lowest BCUT2D eigenvalue weighted by Crippen LogP contribution is -2.17. The molecule has 0 aliphatic carbocycles. The lowest BCUT2D eigenvalue weighted by atomic mass is 10.1. The number of rotatable bonds is 6. The number of benzene rings is 1. The Bertz CT molecular complexity index is 445. The maximum absolute atomic E-state index is 10.9. The van der Waals surface area contributed by atoms with Gasteiger partial charge in [0.05, 0.1) is 11.5 Å². The fourth-order valence-electron chi connectivity index (χ4n) is 2.20. The van der Waals surface area contributed by atoms with Crippen molar-refractivity contribution in [3.05, 3.63) is 28.3 Å². The van der Waals surface area contributed by atoms with Crippen molar-refractivity contribution >= 4 is 11.4 Å². The first-order chi connectivity index (χ1) is 9.20. The van der Waals surface area contributed by atoms with Crippen molar-refractivity contribution in [1.82, 2.24) is 5.32 Å². The van der Waals surface area contributed by atoms with E-state index < -0.39 is 4.92 Å². The molecule has 2 N–H and O–H groups in total. The first kappa shape index (κ1) is 13.6. The molecule has 1 atom stereocenters. The molecule has 1 aliphatic heterocycles. The number of nitrogens with one attached hydrogen (secondary N) is 2. The molecular weight excluding hydrogens is 246 g/mol. The average molecular weight is 265 g/mol. The zero-order chi connectivity index (χ0) is 13.7. The van der Waals surface area contributed by atoms with Gasteiger partial charge in [0, 0.05) is 24.4 Å². The molecule has 1 heterocycles. The van der Waals surface area contributed by atoms with E-state index in [0.29, 0.717) is 18.3 Å². The Balaban J connectivity index is 2.04. The van der Waals surface area contributed by atoms with E-state index >= 15 is 0 Å². The maximum atomic E-state index is 10.9. The lowest BCUT2D eigenvalue weighted by molar-refractivity contribution is -0.385. The van der Waals surface area contributed by atoms with Crippen molar-refractivity contribution in [2.24, 2.45) is 5.92 Å². The van der Waals surface area contributed by atoms with Gasteiger partial charge in [0.2, 0.25) is 0 Å². The van der Waals surface area contributed by atoms with Crippen molar-refractivity contribution in [3.63, 3.8) is 0 Å². The Morgan fingerprint density at radius 1 is 1.58 bits per heavy atom. The van der Waals surface area contributed by atoms with E-state index in [-0.39, 0.29) is 5.69 Å². The minimum Gasteiger partial charge on any atom is -0.487 e. The highest BCUT2D eigenvalue weighted by molar-refractivity contribution is 5.58. The van der Waals surface area contributed by atoms with Crippen LogP contribution in [0.5, 0.6) is 5.75 Å². The van der Waals surface area contributed by atoms with Gasteiger partial charge in [-0.2, -0.15) is 0 Å². The summed E-state index contributed by atoms with van der Waals surface area (Å²) >= 11 is 0. The third-order valence-corrected chi connectivity index (χ3v) is 3.21. The molecule has 104 valence electrons. The van der Waals surface area contributed by atoms with Gasteiger partial charge in [-0.1, -0.05) is 0 Å². The Morgan fingerprint density at radius 3 is 3.05 bits per heavy atom. The number of nitro groups is 1. The van der Waals surface area contributed by atoms with Crippen molar-refractivity contribution in [2.75, 3.05) is 31.6 Å². The normalized spacial score (nSPS) is 18.3. The van der Waals surface area contributed by atoms with Crippen molar-refractivity contribution in [2.45, 2.75) is 13.3 Å². The van der Waals surface area contributed by atoms with Gasteiger partial charge in [-0.25, -0.2) is 0 Å². The third kappa shape index (κ3) is 3.57. The van der Waals surface area contributed by atoms with Crippen LogP contribution in [-0.2, 0) is 0 Å². The molecule has 0 amide bonds. The summed E-state index contributed by atoms with van der Waals surface area (Å²) in [6.45, 7) is 5.19. The number of ether oxygens (including phenoxy) is 1. The molecule has 0 spiro atoms. The molecule has 0 saturated carbocycles. The smallest absolute Gasteiger partial charge is 0.311 e. The molecule has 6 nitrogen and oxygen atoms in total. The second-order valence-corrected chi connectivity index (χ2v) is 4.61. The Labute approximate surface area is 112 Å². The number of nitro benzene ring substituents is 1. The van der Waals surface area contributed by atoms with E-state index in [0.717, 1.165) is 31.7 Å². The van der Waals surface area contributed by atoms with Gasteiger partial charge >= 0.3 is 5.69 Å². The molecule has 0 bridgehead atoms. The molecule has 1 unspecified atom stereocenters. The van der Waals surface area contributed by atoms with Crippen LogP contribution in [0.3, 0.4) is 0 Å². The Kier molecular flexibility index (Phi) is 4.57. The van der Waals surface area contributed by atoms with Crippen LogP contribution in [0.25, 0.3) is 0 Å². The summed E-state index contributed by atoms with van der Waals surface area (Å²) in [4.78, 5) is 10.5. The predicted molar refractivity (Wildman–Crippen MR) is 73.7 cm³/mol. The van der Waals surface area contributed by atoms with Gasteiger partial charge in [-0.15, -0.1) is 0 Å². The van der Waals surface area contributed by atoms with Gasteiger partial charge < -0.3 is 15.4 Å². The van der Waals surface area contributed by atoms with Crippen LogP contribution < -0.4 is 15.4 Å². The van der Waals surface area contributed by atoms with Gasteiger partial charge in [0.15, 0.2) is 5.75 Å². The fraction of sp³-hybridized carbons (Fsp3) is 0.538. The van der Waals surface area contributed by atoms with Crippen LogP contribution in [0.4, 0.5) is 11.4 Å². The quantitative estimate of drug-likeness (QED) is 0.608. The van der Waals surface area contributed by atoms with Crippen LogP contribution in [0.2, 0.25) is 0 Å². The predicted octanol–water partition coefficient (Wildman–Crippen LogP) is 2.01. The minimum atomic E-state index is -0.421. The van der Waals surface area contributed by atoms with Gasteiger partial charge in [0.1, 0.15) is 0 Å². The lowest BCUT2D eigenvalue weighted by Gasteiger charge is -2.12. The van der Waals surface area contributed by atoms with E-state index in [2.05, 4.69) is 10.6 Å². The van der Waals surface area contributed by atoms with E-state index in [1.165, 1.54) is 6.07 Å². The van der Waals surface area contributed by atoms with Crippen LogP contribution >= 0.6 is 0 Å². The highest BCUT2D eigenvalue weighted by Crippen LogP contribution is 2.30. The van der Waals surface area contributed by atoms with Gasteiger partial charge in [-0.3, -0.25) is 10.1 Å².